The van der Waals surface area contributed by atoms with Crippen LogP contribution >= 0.6 is 84.7 Å². The smallest absolute Gasteiger partial charge is 0.338 e. The van der Waals surface area contributed by atoms with E-state index in [-0.39, 0.29) is 125 Å². The molecule has 0 spiro atoms. The number of aliphatic imine (C=N–C) groups is 3. The number of rotatable bonds is 20. The second-order valence-electron chi connectivity index (χ2n) is 33.7. The zero-order chi connectivity index (χ0) is 92.2. The average molecular weight is 1950 g/mol. The predicted octanol–water partition coefficient (Wildman–Crippen LogP) is 11.3. The van der Waals surface area contributed by atoms with E-state index in [1.807, 2.05) is 87.3 Å². The van der Waals surface area contributed by atoms with Crippen molar-refractivity contribution in [3.8, 4) is 0 Å². The van der Waals surface area contributed by atoms with Crippen molar-refractivity contribution in [1.29, 1.82) is 0 Å². The van der Waals surface area contributed by atoms with Gasteiger partial charge in [-0.25, -0.2) is 56.9 Å². The van der Waals surface area contributed by atoms with Crippen LogP contribution in [0.15, 0.2) is 138 Å². The van der Waals surface area contributed by atoms with Gasteiger partial charge in [0, 0.05) is 156 Å². The molecule has 9 N–H and O–H groups in total. The third-order valence-electron chi connectivity index (χ3n) is 22.7. The maximum Gasteiger partial charge on any atom is 0.338 e. The van der Waals surface area contributed by atoms with Crippen molar-refractivity contribution >= 4 is 156 Å². The van der Waals surface area contributed by atoms with Gasteiger partial charge < -0.3 is 84.2 Å². The van der Waals surface area contributed by atoms with E-state index >= 15 is 0 Å². The number of nitrogens with two attached hydrogens (primary N) is 3. The SMILES string of the molecule is CC(C)(C)N1CC2C(C(N)=O)CCCN2C1=O.CCOC(=O)C1=C(CBr)NC(c2nccs2)=N[C@H]1c1cccc(F)c1Cl.CCOC(=O)C1=C(CN2CCN3C(=O)N(C(C)(C)C)C[C@@H]3[C@H]2C(N)=O)NC(c2nccs2)=N[C@H]1c1cccc(F)c1Cl.CCOC(=O)C1=C(CN2CCN3C(=O)N(C(C)(C)C)C[C@H]3[C@@H]2C(N)=O)NC(c2nccs2)=N[C@H]1c1cccc(F)c1Cl.[CH3-]. The number of nitrogens with zero attached hydrogens (tertiary/aromatic N) is 14. The van der Waals surface area contributed by atoms with E-state index in [9.17, 15) is 56.3 Å². The fourth-order valence-corrected chi connectivity index (χ4v) is 19.7. The maximum absolute atomic E-state index is 14.6. The topological polar surface area (TPSA) is 397 Å². The minimum absolute atomic E-state index is 0. The fraction of sp³-hybridized carbons (Fsp3) is 0.465. The van der Waals surface area contributed by atoms with Gasteiger partial charge >= 0.3 is 36.0 Å². The summed E-state index contributed by atoms with van der Waals surface area (Å²) in [6.07, 6.45) is 6.58. The number of nitrogens with one attached hydrogen (secondary N) is 3. The monoisotopic (exact) mass is 1950 g/mol. The number of hydrogen-bond donors (Lipinski definition) is 6. The number of halogens is 7. The molecule has 15 rings (SSSR count). The molecule has 3 aromatic carbocycles. The standard InChI is InChI=1S/2C28H33ClFN7O4S.C17H14BrClFN3O2S.C12H21N3O2.CH3/c2*1-5-41-26(39)19-17(13-35-10-11-36-18(22(35)23(31)38)14-37(27(36)40)28(2,3)4)33-24(25-32-9-12-42-25)34-21(19)15-7-6-8-16(30)20(15)29;1-2-25-17(24)12-11(8-18)22-15(16-21-6-7-26-16)23-14(12)9-4-3-5-10(20)13(9)19;1-12(2,3)15-7-9-8(10(13)16)5-4-6-14(9)11(15)17;/h2*6-9,12,18,21-22H,5,10-11,13-14H2,1-4H3,(H2,31,38)(H,33,34);3-7,14H,2,8H2,1H3,(H,22,23);8-9H,4-7H2,1-3H3,(H2,13,16);1H3/q;;;;-1/t18-,21+,22+;18-,21-,22+;14-;;/m100../s1. The van der Waals surface area contributed by atoms with Crippen LogP contribution in [0.25, 0.3) is 0 Å². The summed E-state index contributed by atoms with van der Waals surface area (Å²) in [4.78, 5) is 157. The van der Waals surface area contributed by atoms with Crippen LogP contribution in [0.5, 0.6) is 0 Å². The summed E-state index contributed by atoms with van der Waals surface area (Å²) in [6.45, 7) is 26.8. The van der Waals surface area contributed by atoms with Crippen LogP contribution in [-0.4, -0.2) is 263 Å². The van der Waals surface area contributed by atoms with Crippen LogP contribution < -0.4 is 33.2 Å². The van der Waals surface area contributed by atoms with Gasteiger partial charge in [0.25, 0.3) is 0 Å². The zero-order valence-electron chi connectivity index (χ0n) is 72.9. The van der Waals surface area contributed by atoms with Crippen LogP contribution in [-0.2, 0) is 43.0 Å². The lowest BCUT2D eigenvalue weighted by molar-refractivity contribution is -0.140. The molecule has 0 radical (unpaired) electrons. The predicted molar refractivity (Wildman–Crippen MR) is 487 cm³/mol. The van der Waals surface area contributed by atoms with E-state index < -0.39 is 101 Å². The summed E-state index contributed by atoms with van der Waals surface area (Å²) in [7, 11) is 0. The number of alkyl halides is 1. The number of ether oxygens (including phenoxy) is 3. The molecule has 688 valence electrons. The van der Waals surface area contributed by atoms with Crippen molar-refractivity contribution < 1.29 is 70.5 Å². The molecular weight excluding hydrogens is 1840 g/mol. The van der Waals surface area contributed by atoms with E-state index in [2.05, 4.69) is 51.8 Å². The number of carbonyl (C=O) groups is 9. The lowest BCUT2D eigenvalue weighted by Gasteiger charge is -2.43. The highest BCUT2D eigenvalue weighted by Crippen LogP contribution is 2.44. The van der Waals surface area contributed by atoms with Crippen molar-refractivity contribution in [1.82, 2.24) is 70.1 Å². The van der Waals surface area contributed by atoms with Crippen LogP contribution in [0, 0.1) is 30.8 Å². The number of primary amides is 3. The number of amidine groups is 3. The van der Waals surface area contributed by atoms with Gasteiger partial charge in [0.2, 0.25) is 17.7 Å². The molecule has 2 unspecified atom stereocenters. The van der Waals surface area contributed by atoms with E-state index in [4.69, 9.17) is 76.2 Å². The van der Waals surface area contributed by atoms with Gasteiger partial charge in [-0.1, -0.05) is 87.1 Å². The first-order valence-electron chi connectivity index (χ1n) is 41.2. The third kappa shape index (κ3) is 21.0. The number of thiazole rings is 3. The summed E-state index contributed by atoms with van der Waals surface area (Å²) < 4.78 is 59.3. The Kier molecular flexibility index (Phi) is 31.8. The molecule has 9 atom stereocenters. The molecule has 42 heteroatoms. The summed E-state index contributed by atoms with van der Waals surface area (Å²) >= 11 is 26.5. The molecule has 6 saturated heterocycles. The summed E-state index contributed by atoms with van der Waals surface area (Å²) in [5, 5.41) is 16.7. The Labute approximate surface area is 775 Å². The number of hydrogen-bond acceptors (Lipinski definition) is 26. The first-order valence-corrected chi connectivity index (χ1v) is 46.0. The molecular formula is C86H104BrCl3F3N20O12S3-. The third-order valence-corrected chi connectivity index (χ3v) is 26.8. The molecule has 9 aliphatic heterocycles. The van der Waals surface area contributed by atoms with Crippen molar-refractivity contribution in [2.75, 3.05) is 90.6 Å². The minimum atomic E-state index is -1.01. The molecule has 0 saturated carbocycles. The van der Waals surface area contributed by atoms with Gasteiger partial charge in [0.15, 0.2) is 32.5 Å². The fourth-order valence-electron chi connectivity index (χ4n) is 16.8. The van der Waals surface area contributed by atoms with Crippen LogP contribution in [0.1, 0.15) is 146 Å². The number of urea groups is 3. The normalized spacial score (nSPS) is 22.5. The van der Waals surface area contributed by atoms with Gasteiger partial charge in [-0.2, -0.15) is 0 Å². The average Bonchev–Trinajstić information content (AvgIpc) is 1.47. The number of fused-ring (bicyclic) bond motifs is 3. The second kappa shape index (κ2) is 41.3. The first-order chi connectivity index (χ1) is 60.2. The molecule has 32 nitrogen and oxygen atoms in total. The van der Waals surface area contributed by atoms with Crippen LogP contribution in [0.2, 0.25) is 15.1 Å². The van der Waals surface area contributed by atoms with Gasteiger partial charge in [-0.3, -0.25) is 39.2 Å². The van der Waals surface area contributed by atoms with Crippen LogP contribution in [0.4, 0.5) is 27.6 Å². The maximum atomic E-state index is 14.6. The molecule has 12 heterocycles. The van der Waals surface area contributed by atoms with E-state index in [0.717, 1.165) is 19.4 Å². The Bertz CT molecular complexity index is 5160. The summed E-state index contributed by atoms with van der Waals surface area (Å²) in [5.74, 6) is -4.11. The number of amides is 9. The lowest BCUT2D eigenvalue weighted by Crippen LogP contribution is -2.64. The Balaban J connectivity index is 0.000000173. The summed E-state index contributed by atoms with van der Waals surface area (Å²) in [5.41, 5.74) is 19.2. The van der Waals surface area contributed by atoms with E-state index in [0.29, 0.717) is 106 Å². The second-order valence-corrected chi connectivity index (χ2v) is 38.1. The quantitative estimate of drug-likeness (QED) is 0.0179. The molecule has 0 aliphatic carbocycles. The molecule has 9 amide bonds. The molecule has 6 fully saturated rings. The number of carbonyl (C=O) groups excluding carboxylic acids is 9. The number of benzene rings is 3. The van der Waals surface area contributed by atoms with E-state index in [1.54, 1.807) is 87.9 Å². The lowest BCUT2D eigenvalue weighted by atomic mass is 9.89. The highest BCUT2D eigenvalue weighted by molar-refractivity contribution is 9.09. The highest BCUT2D eigenvalue weighted by Gasteiger charge is 2.55. The van der Waals surface area contributed by atoms with Gasteiger partial charge in [0.1, 0.15) is 47.7 Å². The number of aromatic nitrogens is 3. The van der Waals surface area contributed by atoms with E-state index in [1.165, 1.54) is 70.4 Å². The van der Waals surface area contributed by atoms with Gasteiger partial charge in [0.05, 0.1) is 75.7 Å². The highest BCUT2D eigenvalue weighted by atomic mass is 79.9. The van der Waals surface area contributed by atoms with Crippen molar-refractivity contribution in [2.45, 2.75) is 161 Å². The Morgan fingerprint density at radius 3 is 1.08 bits per heavy atom. The number of piperazine rings is 2. The Morgan fingerprint density at radius 1 is 0.477 bits per heavy atom. The molecule has 6 aromatic rings. The number of piperidine rings is 1. The molecule has 0 bridgehead atoms. The largest absolute Gasteiger partial charge is 0.463 e. The van der Waals surface area contributed by atoms with Crippen molar-refractivity contribution in [3.63, 3.8) is 0 Å². The summed E-state index contributed by atoms with van der Waals surface area (Å²) in [6, 6.07) is 7.44. The van der Waals surface area contributed by atoms with Crippen LogP contribution in [0.3, 0.4) is 0 Å². The number of esters is 3. The van der Waals surface area contributed by atoms with Crippen molar-refractivity contribution in [3.05, 3.63) is 195 Å². The van der Waals surface area contributed by atoms with Crippen molar-refractivity contribution in [2.24, 2.45) is 38.1 Å². The molecule has 3 aromatic heterocycles. The number of allylic oxidation sites excluding steroid dienone is 1. The molecule has 9 aliphatic rings. The Hall–Kier alpha value is -10.1. The van der Waals surface area contributed by atoms with Gasteiger partial charge in [-0.05, 0) is 114 Å². The molecule has 128 heavy (non-hydrogen) atoms. The first kappa shape index (κ1) is 98.5. The minimum Gasteiger partial charge on any atom is -0.463 e. The zero-order valence-corrected chi connectivity index (χ0v) is 79.2. The van der Waals surface area contributed by atoms with Gasteiger partial charge in [-0.15, -0.1) is 34.0 Å². The Morgan fingerprint density at radius 2 is 0.789 bits per heavy atom.